The van der Waals surface area contributed by atoms with Gasteiger partial charge in [0.1, 0.15) is 23.4 Å². The monoisotopic (exact) mass is 465 g/mol. The minimum Gasteiger partial charge on any atom is -0.494 e. The zero-order chi connectivity index (χ0) is 24.1. The van der Waals surface area contributed by atoms with Gasteiger partial charge in [-0.05, 0) is 67.1 Å². The number of anilines is 2. The molecule has 3 aromatic rings. The Morgan fingerprint density at radius 1 is 1.09 bits per heavy atom. The molecule has 1 N–H and O–H groups in total. The molecule has 0 unspecified atom stereocenters. The van der Waals surface area contributed by atoms with Crippen LogP contribution in [0.2, 0.25) is 0 Å². The highest BCUT2D eigenvalue weighted by Crippen LogP contribution is 2.29. The Kier molecular flexibility index (Phi) is 6.91. The van der Waals surface area contributed by atoms with Crippen LogP contribution < -0.4 is 15.0 Å². The molecule has 1 aromatic heterocycles. The van der Waals surface area contributed by atoms with Gasteiger partial charge >= 0.3 is 6.03 Å². The number of hydrogen-bond donors (Lipinski definition) is 1. The predicted molar refractivity (Wildman–Crippen MR) is 123 cm³/mol. The minimum absolute atomic E-state index is 0.0106. The molecule has 8 nitrogen and oxygen atoms in total. The Bertz CT molecular complexity index is 1150. The molecule has 0 bridgehead atoms. The van der Waals surface area contributed by atoms with Crippen LogP contribution in [0.4, 0.5) is 20.6 Å². The van der Waals surface area contributed by atoms with Crippen LogP contribution in [0.5, 0.6) is 5.75 Å². The summed E-state index contributed by atoms with van der Waals surface area (Å²) in [6, 6.07) is 13.6. The van der Waals surface area contributed by atoms with Crippen molar-refractivity contribution in [1.82, 2.24) is 4.90 Å². The van der Waals surface area contributed by atoms with Crippen molar-refractivity contribution in [3.63, 3.8) is 0 Å². The maximum atomic E-state index is 13.4. The number of hydrogen-bond acceptors (Lipinski definition) is 5. The number of furan rings is 1. The summed E-state index contributed by atoms with van der Waals surface area (Å²) >= 11 is 0. The quantitative estimate of drug-likeness (QED) is 0.467. The molecule has 9 heteroatoms. The Balaban J connectivity index is 1.51. The summed E-state index contributed by atoms with van der Waals surface area (Å²) in [5, 5.41) is 2.75. The number of nitrogens with zero attached hydrogens (tertiary/aromatic N) is 2. The van der Waals surface area contributed by atoms with Crippen LogP contribution in [-0.2, 0) is 16.1 Å². The smallest absolute Gasteiger partial charge is 0.332 e. The molecule has 4 rings (SSSR count). The van der Waals surface area contributed by atoms with E-state index in [1.165, 1.54) is 35.4 Å². The van der Waals surface area contributed by atoms with Gasteiger partial charge in [-0.3, -0.25) is 9.59 Å². The van der Waals surface area contributed by atoms with Crippen molar-refractivity contribution in [2.75, 3.05) is 16.8 Å². The van der Waals surface area contributed by atoms with Crippen LogP contribution in [-0.4, -0.2) is 35.4 Å². The summed E-state index contributed by atoms with van der Waals surface area (Å²) in [6.07, 6.45) is 2.10. The van der Waals surface area contributed by atoms with E-state index < -0.39 is 29.7 Å². The van der Waals surface area contributed by atoms with Crippen LogP contribution in [0.25, 0.3) is 0 Å². The van der Waals surface area contributed by atoms with E-state index in [1.807, 2.05) is 6.92 Å². The molecule has 1 fully saturated rings. The average molecular weight is 465 g/mol. The first-order valence-electron chi connectivity index (χ1n) is 10.9. The third-order valence-electron chi connectivity index (χ3n) is 5.30. The van der Waals surface area contributed by atoms with Gasteiger partial charge in [-0.25, -0.2) is 14.1 Å². The Morgan fingerprint density at radius 3 is 2.47 bits per heavy atom. The first-order chi connectivity index (χ1) is 16.5. The van der Waals surface area contributed by atoms with Gasteiger partial charge in [0, 0.05) is 5.69 Å². The first kappa shape index (κ1) is 23.0. The summed E-state index contributed by atoms with van der Waals surface area (Å²) in [5.41, 5.74) is 0.769. The minimum atomic E-state index is -1.05. The number of nitrogens with one attached hydrogen (secondary N) is 1. The molecule has 4 amide bonds. The molecular formula is C25H24FN3O5. The molecule has 0 aliphatic carbocycles. The summed E-state index contributed by atoms with van der Waals surface area (Å²) in [7, 11) is 0. The summed E-state index contributed by atoms with van der Waals surface area (Å²) in [6.45, 7) is 2.62. The summed E-state index contributed by atoms with van der Waals surface area (Å²) in [4.78, 5) is 41.4. The van der Waals surface area contributed by atoms with E-state index in [-0.39, 0.29) is 18.7 Å². The zero-order valence-electron chi connectivity index (χ0n) is 18.6. The van der Waals surface area contributed by atoms with Gasteiger partial charge in [0.15, 0.2) is 0 Å². The van der Waals surface area contributed by atoms with E-state index >= 15 is 0 Å². The van der Waals surface area contributed by atoms with Crippen molar-refractivity contribution in [2.24, 2.45) is 0 Å². The number of carbonyl (C=O) groups excluding carboxylic acids is 3. The molecule has 0 saturated carbocycles. The lowest BCUT2D eigenvalue weighted by Gasteiger charge is -2.20. The number of halogens is 1. The number of carbonyl (C=O) groups is 3. The van der Waals surface area contributed by atoms with E-state index in [1.54, 1.807) is 36.4 Å². The van der Waals surface area contributed by atoms with Gasteiger partial charge < -0.3 is 19.4 Å². The molecule has 2 aromatic carbocycles. The number of amides is 4. The second-order valence-electron chi connectivity index (χ2n) is 7.78. The molecule has 1 aliphatic rings. The molecule has 1 saturated heterocycles. The van der Waals surface area contributed by atoms with Crippen LogP contribution in [0, 0.1) is 5.82 Å². The van der Waals surface area contributed by atoms with Gasteiger partial charge in [-0.15, -0.1) is 0 Å². The van der Waals surface area contributed by atoms with Crippen molar-refractivity contribution in [1.29, 1.82) is 0 Å². The number of rotatable bonds is 9. The fourth-order valence-electron chi connectivity index (χ4n) is 3.65. The van der Waals surface area contributed by atoms with Gasteiger partial charge in [0.25, 0.3) is 5.91 Å². The maximum Gasteiger partial charge on any atom is 0.332 e. The normalized spacial score (nSPS) is 15.6. The van der Waals surface area contributed by atoms with Gasteiger partial charge in [0.2, 0.25) is 5.91 Å². The van der Waals surface area contributed by atoms with Crippen molar-refractivity contribution >= 4 is 29.2 Å². The van der Waals surface area contributed by atoms with Crippen LogP contribution in [0.3, 0.4) is 0 Å². The topological polar surface area (TPSA) is 92.1 Å². The molecule has 176 valence electrons. The van der Waals surface area contributed by atoms with E-state index in [0.717, 1.165) is 11.3 Å². The standard InChI is InChI=1S/C25H24FN3O5/c1-2-13-33-20-11-7-18(8-12-20)27-23(30)15-22-24(31)29(19-9-5-17(26)6-10-19)25(32)28(22)16-21-4-3-14-34-21/h3-12,14,22H,2,13,15-16H2,1H3,(H,27,30)/t22-/m1/s1. The second-order valence-corrected chi connectivity index (χ2v) is 7.78. The summed E-state index contributed by atoms with van der Waals surface area (Å²) < 4.78 is 24.2. The molecule has 1 atom stereocenters. The number of benzene rings is 2. The fourth-order valence-corrected chi connectivity index (χ4v) is 3.65. The number of ether oxygens (including phenoxy) is 1. The van der Waals surface area contributed by atoms with Gasteiger partial charge in [0.05, 0.1) is 31.5 Å². The average Bonchev–Trinajstić information content (AvgIpc) is 3.42. The van der Waals surface area contributed by atoms with E-state index in [0.29, 0.717) is 23.8 Å². The van der Waals surface area contributed by atoms with Crippen molar-refractivity contribution in [3.8, 4) is 5.75 Å². The van der Waals surface area contributed by atoms with Crippen LogP contribution in [0.15, 0.2) is 71.3 Å². The van der Waals surface area contributed by atoms with Gasteiger partial charge in [-0.2, -0.15) is 0 Å². The van der Waals surface area contributed by atoms with E-state index in [4.69, 9.17) is 9.15 Å². The Morgan fingerprint density at radius 2 is 1.82 bits per heavy atom. The van der Waals surface area contributed by atoms with Crippen molar-refractivity contribution in [2.45, 2.75) is 32.4 Å². The molecule has 0 radical (unpaired) electrons. The van der Waals surface area contributed by atoms with Crippen LogP contribution >= 0.6 is 0 Å². The Hall–Kier alpha value is -4.14. The lowest BCUT2D eigenvalue weighted by Crippen LogP contribution is -2.37. The number of imide groups is 1. The van der Waals surface area contributed by atoms with Crippen molar-refractivity contribution in [3.05, 3.63) is 78.5 Å². The molecule has 2 heterocycles. The lowest BCUT2D eigenvalue weighted by molar-refractivity contribution is -0.124. The first-order valence-corrected chi connectivity index (χ1v) is 10.9. The van der Waals surface area contributed by atoms with E-state index in [2.05, 4.69) is 5.32 Å². The maximum absolute atomic E-state index is 13.4. The van der Waals surface area contributed by atoms with Gasteiger partial charge in [-0.1, -0.05) is 6.92 Å². The predicted octanol–water partition coefficient (Wildman–Crippen LogP) is 4.57. The number of urea groups is 1. The highest BCUT2D eigenvalue weighted by atomic mass is 19.1. The highest BCUT2D eigenvalue weighted by Gasteiger charge is 2.47. The SMILES string of the molecule is CCCOc1ccc(NC(=O)C[C@@H]2C(=O)N(c3ccc(F)cc3)C(=O)N2Cc2ccco2)cc1. The molecular weight excluding hydrogens is 441 g/mol. The van der Waals surface area contributed by atoms with Crippen LogP contribution in [0.1, 0.15) is 25.5 Å². The largest absolute Gasteiger partial charge is 0.494 e. The molecule has 34 heavy (non-hydrogen) atoms. The van der Waals surface area contributed by atoms with E-state index in [9.17, 15) is 18.8 Å². The zero-order valence-corrected chi connectivity index (χ0v) is 18.6. The van der Waals surface area contributed by atoms with Crippen molar-refractivity contribution < 1.29 is 27.9 Å². The summed E-state index contributed by atoms with van der Waals surface area (Å²) in [5.74, 6) is -0.330. The molecule has 1 aliphatic heterocycles. The third kappa shape index (κ3) is 5.09. The Labute approximate surface area is 195 Å². The fraction of sp³-hybridized carbons (Fsp3) is 0.240. The lowest BCUT2D eigenvalue weighted by atomic mass is 10.1. The highest BCUT2D eigenvalue weighted by molar-refractivity contribution is 6.22. The second kappa shape index (κ2) is 10.2. The third-order valence-corrected chi connectivity index (χ3v) is 5.30. The molecule has 0 spiro atoms.